The van der Waals surface area contributed by atoms with Gasteiger partial charge in [-0.1, -0.05) is 6.92 Å². The fourth-order valence-corrected chi connectivity index (χ4v) is 3.07. The first-order valence-electron chi connectivity index (χ1n) is 8.10. The number of nitrogens with zero attached hydrogens (tertiary/aromatic N) is 4. The molecule has 23 heavy (non-hydrogen) atoms. The van der Waals surface area contributed by atoms with Crippen molar-refractivity contribution in [3.63, 3.8) is 0 Å². The quantitative estimate of drug-likeness (QED) is 0.906. The van der Waals surface area contributed by atoms with Gasteiger partial charge in [0, 0.05) is 38.8 Å². The van der Waals surface area contributed by atoms with Crippen molar-refractivity contribution in [1.29, 1.82) is 0 Å². The first-order valence-corrected chi connectivity index (χ1v) is 8.10. The van der Waals surface area contributed by atoms with E-state index in [2.05, 4.69) is 26.9 Å². The predicted octanol–water partition coefficient (Wildman–Crippen LogP) is 1.46. The van der Waals surface area contributed by atoms with Crippen LogP contribution < -0.4 is 5.32 Å². The number of hydrogen-bond donors (Lipinski definition) is 1. The van der Waals surface area contributed by atoms with Crippen LogP contribution >= 0.6 is 0 Å². The van der Waals surface area contributed by atoms with Gasteiger partial charge in [-0.2, -0.15) is 5.10 Å². The van der Waals surface area contributed by atoms with Gasteiger partial charge in [-0.3, -0.25) is 9.48 Å². The lowest BCUT2D eigenvalue weighted by Crippen LogP contribution is -2.37. The van der Waals surface area contributed by atoms with Gasteiger partial charge in [0.1, 0.15) is 11.9 Å². The number of rotatable bonds is 5. The fraction of sp³-hybridized carbons (Fsp3) is 0.562. The van der Waals surface area contributed by atoms with E-state index in [1.165, 1.54) is 0 Å². The van der Waals surface area contributed by atoms with E-state index in [1.807, 2.05) is 20.2 Å². The largest absolute Gasteiger partial charge is 0.368 e. The minimum Gasteiger partial charge on any atom is -0.368 e. The highest BCUT2D eigenvalue weighted by atomic mass is 16.5. The van der Waals surface area contributed by atoms with Crippen molar-refractivity contribution >= 4 is 5.91 Å². The van der Waals surface area contributed by atoms with Crippen LogP contribution in [0.1, 0.15) is 48.2 Å². The third-order valence-electron chi connectivity index (χ3n) is 4.24. The van der Waals surface area contributed by atoms with E-state index < -0.39 is 0 Å². The van der Waals surface area contributed by atoms with E-state index in [-0.39, 0.29) is 18.1 Å². The lowest BCUT2D eigenvalue weighted by molar-refractivity contribution is 0.0775. The molecule has 1 aliphatic heterocycles. The molecule has 0 unspecified atom stereocenters. The Hall–Kier alpha value is -2.15. The normalized spacial score (nSPS) is 20.8. The first-order chi connectivity index (χ1) is 11.1. The Bertz CT molecular complexity index is 690. The van der Waals surface area contributed by atoms with E-state index in [4.69, 9.17) is 4.74 Å². The standard InChI is InChI=1S/C16H23N5O2/c1-4-12-11(10-20(3)19-12)16(22)18-13-6-9-23-14(13)15-17-7-8-21(15)5-2/h7-8,10,13-14H,4-6,9H2,1-3H3,(H,18,22)/t13-,14-/m0/s1. The zero-order valence-corrected chi connectivity index (χ0v) is 13.8. The lowest BCUT2D eigenvalue weighted by atomic mass is 10.1. The van der Waals surface area contributed by atoms with E-state index >= 15 is 0 Å². The van der Waals surface area contributed by atoms with Crippen LogP contribution in [0.4, 0.5) is 0 Å². The summed E-state index contributed by atoms with van der Waals surface area (Å²) >= 11 is 0. The summed E-state index contributed by atoms with van der Waals surface area (Å²) in [6.45, 7) is 5.52. The Kier molecular flexibility index (Phi) is 4.47. The molecular formula is C16H23N5O2. The van der Waals surface area contributed by atoms with Crippen LogP contribution in [0, 0.1) is 0 Å². The molecule has 0 aliphatic carbocycles. The topological polar surface area (TPSA) is 74.0 Å². The van der Waals surface area contributed by atoms with Gasteiger partial charge >= 0.3 is 0 Å². The molecule has 3 heterocycles. The Labute approximate surface area is 135 Å². The van der Waals surface area contributed by atoms with Crippen LogP contribution in [0.25, 0.3) is 0 Å². The summed E-state index contributed by atoms with van der Waals surface area (Å²) in [7, 11) is 1.83. The first kappa shape index (κ1) is 15.7. The molecule has 1 aliphatic rings. The van der Waals surface area contributed by atoms with E-state index in [0.29, 0.717) is 12.2 Å². The smallest absolute Gasteiger partial charge is 0.255 e. The predicted molar refractivity (Wildman–Crippen MR) is 85.1 cm³/mol. The number of amides is 1. The second kappa shape index (κ2) is 6.54. The van der Waals surface area contributed by atoms with Crippen molar-refractivity contribution in [2.75, 3.05) is 6.61 Å². The van der Waals surface area contributed by atoms with E-state index in [9.17, 15) is 4.79 Å². The molecule has 0 spiro atoms. The van der Waals surface area contributed by atoms with Gasteiger partial charge in [0.05, 0.1) is 17.3 Å². The van der Waals surface area contributed by atoms with Crippen LogP contribution in [0.5, 0.6) is 0 Å². The third kappa shape index (κ3) is 3.01. The van der Waals surface area contributed by atoms with E-state index in [0.717, 1.165) is 30.9 Å². The number of carbonyl (C=O) groups excluding carboxylic acids is 1. The molecule has 1 N–H and O–H groups in total. The molecule has 0 saturated carbocycles. The number of imidazole rings is 1. The molecule has 2 aromatic rings. The second-order valence-corrected chi connectivity index (χ2v) is 5.75. The third-order valence-corrected chi connectivity index (χ3v) is 4.24. The lowest BCUT2D eigenvalue weighted by Gasteiger charge is -2.20. The Morgan fingerprint density at radius 3 is 3.04 bits per heavy atom. The maximum Gasteiger partial charge on any atom is 0.255 e. The summed E-state index contributed by atoms with van der Waals surface area (Å²) in [5, 5.41) is 7.43. The van der Waals surface area contributed by atoms with Gasteiger partial charge in [0.2, 0.25) is 0 Å². The maximum absolute atomic E-state index is 12.6. The highest BCUT2D eigenvalue weighted by Gasteiger charge is 2.34. The molecule has 2 atom stereocenters. The number of nitrogens with one attached hydrogen (secondary N) is 1. The number of carbonyl (C=O) groups is 1. The Balaban J connectivity index is 1.77. The van der Waals surface area contributed by atoms with Gasteiger partial charge < -0.3 is 14.6 Å². The zero-order chi connectivity index (χ0) is 16.4. The average molecular weight is 317 g/mol. The Morgan fingerprint density at radius 2 is 2.30 bits per heavy atom. The second-order valence-electron chi connectivity index (χ2n) is 5.75. The molecule has 1 fully saturated rings. The average Bonchev–Trinajstić information content (AvgIpc) is 3.24. The molecule has 124 valence electrons. The van der Waals surface area contributed by atoms with Crippen molar-refractivity contribution < 1.29 is 9.53 Å². The summed E-state index contributed by atoms with van der Waals surface area (Å²) in [5.74, 6) is 0.780. The molecule has 2 aromatic heterocycles. The SMILES string of the molecule is CCc1nn(C)cc1C(=O)N[C@H]1CCO[C@@H]1c1nccn1CC. The van der Waals surface area contributed by atoms with Crippen LogP contribution in [0.2, 0.25) is 0 Å². The molecule has 1 saturated heterocycles. The summed E-state index contributed by atoms with van der Waals surface area (Å²) in [4.78, 5) is 17.0. The molecule has 7 heteroatoms. The minimum absolute atomic E-state index is 0.0693. The van der Waals surface area contributed by atoms with Gasteiger partial charge in [0.15, 0.2) is 0 Å². The highest BCUT2D eigenvalue weighted by molar-refractivity contribution is 5.95. The molecule has 0 radical (unpaired) electrons. The van der Waals surface area contributed by atoms with Crippen LogP contribution in [-0.4, -0.2) is 37.9 Å². The van der Waals surface area contributed by atoms with Crippen molar-refractivity contribution in [2.24, 2.45) is 7.05 Å². The summed E-state index contributed by atoms with van der Waals surface area (Å²) in [5.41, 5.74) is 1.45. The zero-order valence-electron chi connectivity index (χ0n) is 13.8. The van der Waals surface area contributed by atoms with Crippen LogP contribution in [-0.2, 0) is 24.8 Å². The summed E-state index contributed by atoms with van der Waals surface area (Å²) in [6, 6.07) is -0.0693. The van der Waals surface area contributed by atoms with Crippen molar-refractivity contribution in [3.8, 4) is 0 Å². The monoisotopic (exact) mass is 317 g/mol. The molecule has 0 bridgehead atoms. The Morgan fingerprint density at radius 1 is 1.48 bits per heavy atom. The van der Waals surface area contributed by atoms with Crippen molar-refractivity contribution in [3.05, 3.63) is 35.7 Å². The van der Waals surface area contributed by atoms with Gasteiger partial charge in [-0.25, -0.2) is 4.98 Å². The molecule has 0 aromatic carbocycles. The number of ether oxygens (including phenoxy) is 1. The molecule has 7 nitrogen and oxygen atoms in total. The van der Waals surface area contributed by atoms with Gasteiger partial charge in [0.25, 0.3) is 5.91 Å². The van der Waals surface area contributed by atoms with Crippen molar-refractivity contribution in [2.45, 2.75) is 45.4 Å². The fourth-order valence-electron chi connectivity index (χ4n) is 3.07. The highest BCUT2D eigenvalue weighted by Crippen LogP contribution is 2.28. The maximum atomic E-state index is 12.6. The molecule has 1 amide bonds. The molecular weight excluding hydrogens is 294 g/mol. The van der Waals surface area contributed by atoms with Crippen LogP contribution in [0.3, 0.4) is 0 Å². The number of aromatic nitrogens is 4. The summed E-state index contributed by atoms with van der Waals surface area (Å²) < 4.78 is 9.57. The summed E-state index contributed by atoms with van der Waals surface area (Å²) in [6.07, 6.45) is 6.80. The van der Waals surface area contributed by atoms with Crippen LogP contribution in [0.15, 0.2) is 18.6 Å². The van der Waals surface area contributed by atoms with Gasteiger partial charge in [-0.05, 0) is 19.8 Å². The number of hydrogen-bond acceptors (Lipinski definition) is 4. The van der Waals surface area contributed by atoms with E-state index in [1.54, 1.807) is 17.1 Å². The van der Waals surface area contributed by atoms with Gasteiger partial charge in [-0.15, -0.1) is 0 Å². The van der Waals surface area contributed by atoms with Crippen molar-refractivity contribution in [1.82, 2.24) is 24.6 Å². The molecule has 3 rings (SSSR count). The minimum atomic E-state index is -0.198. The number of aryl methyl sites for hydroxylation is 3.